The summed E-state index contributed by atoms with van der Waals surface area (Å²) in [5.41, 5.74) is -0.772. The van der Waals surface area contributed by atoms with E-state index in [0.29, 0.717) is 28.6 Å². The van der Waals surface area contributed by atoms with Gasteiger partial charge >= 0.3 is 6.18 Å². The van der Waals surface area contributed by atoms with Gasteiger partial charge in [-0.25, -0.2) is 4.98 Å². The Kier molecular flexibility index (Phi) is 9.01. The molecular weight excluding hydrogens is 499 g/mol. The number of carbonyl (C=O) groups is 1. The lowest BCUT2D eigenvalue weighted by Gasteiger charge is -2.14. The van der Waals surface area contributed by atoms with Gasteiger partial charge in [-0.3, -0.25) is 4.79 Å². The first-order valence-electron chi connectivity index (χ1n) is 10.6. The molecule has 182 valence electrons. The highest BCUT2D eigenvalue weighted by Gasteiger charge is 2.36. The van der Waals surface area contributed by atoms with Gasteiger partial charge in [0.15, 0.2) is 0 Å². The molecule has 3 rings (SSSR count). The Labute approximate surface area is 210 Å². The molecule has 0 atom stereocenters. The number of anilines is 1. The summed E-state index contributed by atoms with van der Waals surface area (Å²) < 4.78 is 46.9. The van der Waals surface area contributed by atoms with Gasteiger partial charge in [0, 0.05) is 16.3 Å². The Balaban J connectivity index is 1.86. The number of amides is 1. The summed E-state index contributed by atoms with van der Waals surface area (Å²) in [6.45, 7) is 2.58. The Morgan fingerprint density at radius 1 is 1.17 bits per heavy atom. The van der Waals surface area contributed by atoms with E-state index in [1.54, 1.807) is 54.6 Å². The van der Waals surface area contributed by atoms with Gasteiger partial charge in [-0.1, -0.05) is 36.7 Å². The molecule has 0 saturated heterocycles. The fourth-order valence-electron chi connectivity index (χ4n) is 3.03. The number of nitriles is 1. The fraction of sp³-hybridized carbons (Fsp3) is 0.240. The monoisotopic (exact) mass is 519 g/mol. The van der Waals surface area contributed by atoms with Gasteiger partial charge in [0.05, 0.1) is 29.2 Å². The lowest BCUT2D eigenvalue weighted by Crippen LogP contribution is -2.15. The van der Waals surface area contributed by atoms with Crippen molar-refractivity contribution >= 4 is 35.0 Å². The maximum absolute atomic E-state index is 13.8. The average molecular weight is 520 g/mol. The van der Waals surface area contributed by atoms with Crippen molar-refractivity contribution in [1.82, 2.24) is 4.98 Å². The molecule has 0 aliphatic heterocycles. The highest BCUT2D eigenvalue weighted by molar-refractivity contribution is 8.00. The number of hydrogen-bond donors (Lipinski definition) is 1. The number of rotatable bonds is 9. The van der Waals surface area contributed by atoms with E-state index in [2.05, 4.69) is 10.3 Å². The van der Waals surface area contributed by atoms with Gasteiger partial charge in [0.2, 0.25) is 5.91 Å². The van der Waals surface area contributed by atoms with Crippen molar-refractivity contribution in [3.05, 3.63) is 70.7 Å². The number of hydrogen-bond acceptors (Lipinski definition) is 5. The van der Waals surface area contributed by atoms with Gasteiger partial charge in [0.1, 0.15) is 16.8 Å². The second kappa shape index (κ2) is 12.0. The predicted octanol–water partition coefficient (Wildman–Crippen LogP) is 7.20. The van der Waals surface area contributed by atoms with Crippen molar-refractivity contribution in [2.24, 2.45) is 0 Å². The van der Waals surface area contributed by atoms with E-state index in [1.165, 1.54) is 0 Å². The maximum Gasteiger partial charge on any atom is 0.417 e. The van der Waals surface area contributed by atoms with Crippen molar-refractivity contribution < 1.29 is 22.7 Å². The largest absolute Gasteiger partial charge is 0.494 e. The molecule has 1 heterocycles. The Morgan fingerprint density at radius 3 is 2.46 bits per heavy atom. The summed E-state index contributed by atoms with van der Waals surface area (Å²) in [4.78, 5) is 16.6. The van der Waals surface area contributed by atoms with Crippen molar-refractivity contribution in [2.45, 2.75) is 31.0 Å². The molecule has 10 heteroatoms. The molecule has 1 amide bonds. The van der Waals surface area contributed by atoms with E-state index in [-0.39, 0.29) is 16.5 Å². The van der Waals surface area contributed by atoms with Gasteiger partial charge in [-0.2, -0.15) is 18.4 Å². The first kappa shape index (κ1) is 26.4. The molecule has 35 heavy (non-hydrogen) atoms. The summed E-state index contributed by atoms with van der Waals surface area (Å²) in [5.74, 6) is -0.106. The Bertz CT molecular complexity index is 1210. The van der Waals surface area contributed by atoms with Crippen LogP contribution in [0.15, 0.2) is 59.6 Å². The van der Waals surface area contributed by atoms with Gasteiger partial charge in [0.25, 0.3) is 0 Å². The third-order valence-electron chi connectivity index (χ3n) is 4.79. The molecule has 0 saturated carbocycles. The van der Waals surface area contributed by atoms with E-state index in [4.69, 9.17) is 16.3 Å². The third-order valence-corrected chi connectivity index (χ3v) is 6.02. The molecule has 0 spiro atoms. The van der Waals surface area contributed by atoms with Crippen LogP contribution < -0.4 is 10.1 Å². The molecule has 5 nitrogen and oxygen atoms in total. The fourth-order valence-corrected chi connectivity index (χ4v) is 3.95. The van der Waals surface area contributed by atoms with Gasteiger partial charge in [-0.15, -0.1) is 0 Å². The van der Waals surface area contributed by atoms with Crippen LogP contribution in [-0.4, -0.2) is 23.3 Å². The van der Waals surface area contributed by atoms with Crippen molar-refractivity contribution in [3.8, 4) is 23.1 Å². The van der Waals surface area contributed by atoms with Crippen LogP contribution in [0.3, 0.4) is 0 Å². The van der Waals surface area contributed by atoms with Crippen LogP contribution in [-0.2, 0) is 11.0 Å². The normalized spacial score (nSPS) is 11.1. The lowest BCUT2D eigenvalue weighted by atomic mass is 10.1. The van der Waals surface area contributed by atoms with E-state index in [9.17, 15) is 23.2 Å². The summed E-state index contributed by atoms with van der Waals surface area (Å²) >= 11 is 6.58. The minimum atomic E-state index is -4.77. The van der Waals surface area contributed by atoms with Crippen molar-refractivity contribution in [2.75, 3.05) is 17.7 Å². The van der Waals surface area contributed by atoms with E-state index >= 15 is 0 Å². The van der Waals surface area contributed by atoms with Crippen LogP contribution in [0.2, 0.25) is 5.02 Å². The molecule has 3 aromatic rings. The Hall–Kier alpha value is -3.22. The maximum atomic E-state index is 13.8. The molecule has 1 aromatic heterocycles. The van der Waals surface area contributed by atoms with Gasteiger partial charge in [-0.05, 0) is 61.0 Å². The number of nitrogens with one attached hydrogen (secondary N) is 1. The van der Waals surface area contributed by atoms with Crippen LogP contribution in [0.1, 0.15) is 30.9 Å². The van der Waals surface area contributed by atoms with E-state index in [0.717, 1.165) is 30.7 Å². The number of aromatic nitrogens is 1. The molecule has 0 aliphatic carbocycles. The molecule has 0 radical (unpaired) electrons. The highest BCUT2D eigenvalue weighted by Crippen LogP contribution is 2.38. The minimum Gasteiger partial charge on any atom is -0.494 e. The van der Waals surface area contributed by atoms with Crippen LogP contribution in [0.5, 0.6) is 5.75 Å². The third kappa shape index (κ3) is 7.38. The number of halogens is 4. The van der Waals surface area contributed by atoms with Crippen molar-refractivity contribution in [3.63, 3.8) is 0 Å². The zero-order chi connectivity index (χ0) is 25.4. The quantitative estimate of drug-likeness (QED) is 0.239. The number of ether oxygens (including phenoxy) is 1. The average Bonchev–Trinajstić information content (AvgIpc) is 2.83. The highest BCUT2D eigenvalue weighted by atomic mass is 35.5. The predicted molar refractivity (Wildman–Crippen MR) is 131 cm³/mol. The topological polar surface area (TPSA) is 75.0 Å². The zero-order valence-corrected chi connectivity index (χ0v) is 20.2. The van der Waals surface area contributed by atoms with Crippen LogP contribution >= 0.6 is 23.4 Å². The van der Waals surface area contributed by atoms with E-state index < -0.39 is 23.2 Å². The summed E-state index contributed by atoms with van der Waals surface area (Å²) in [6, 6.07) is 15.4. The van der Waals surface area contributed by atoms with E-state index in [1.807, 2.05) is 6.92 Å². The summed E-state index contributed by atoms with van der Waals surface area (Å²) in [6.07, 6.45) is -2.90. The SMILES string of the molecule is CCCCOc1ccc(-c2cc(C(F)(F)F)c(C#N)c(SCC(=O)Nc3ccc(Cl)cc3)n2)cc1. The second-order valence-corrected chi connectivity index (χ2v) is 8.82. The van der Waals surface area contributed by atoms with Gasteiger partial charge < -0.3 is 10.1 Å². The Morgan fingerprint density at radius 2 is 1.86 bits per heavy atom. The van der Waals surface area contributed by atoms with Crippen LogP contribution in [0.25, 0.3) is 11.3 Å². The number of pyridine rings is 1. The number of benzene rings is 2. The molecule has 0 aliphatic rings. The second-order valence-electron chi connectivity index (χ2n) is 7.41. The molecule has 0 unspecified atom stereocenters. The zero-order valence-electron chi connectivity index (χ0n) is 18.7. The number of carbonyl (C=O) groups excluding carboxylic acids is 1. The summed E-state index contributed by atoms with van der Waals surface area (Å²) in [7, 11) is 0. The van der Waals surface area contributed by atoms with Crippen LogP contribution in [0.4, 0.5) is 18.9 Å². The van der Waals surface area contributed by atoms with Crippen molar-refractivity contribution in [1.29, 1.82) is 5.26 Å². The lowest BCUT2D eigenvalue weighted by molar-refractivity contribution is -0.138. The molecular formula is C25H21ClF3N3O2S. The molecule has 0 bridgehead atoms. The van der Waals surface area contributed by atoms with Crippen LogP contribution in [0, 0.1) is 11.3 Å². The molecule has 2 aromatic carbocycles. The number of thioether (sulfide) groups is 1. The molecule has 0 fully saturated rings. The first-order valence-corrected chi connectivity index (χ1v) is 12.0. The first-order chi connectivity index (χ1) is 16.7. The number of nitrogens with zero attached hydrogens (tertiary/aromatic N) is 2. The minimum absolute atomic E-state index is 0.0389. The number of unbranched alkanes of at least 4 members (excludes halogenated alkanes) is 1. The standard InChI is InChI=1S/C25H21ClF3N3O2S/c1-2-3-12-34-19-10-4-16(5-11-19)22-13-21(25(27,28)29)20(14-30)24(32-22)35-15-23(33)31-18-8-6-17(26)7-9-18/h4-11,13H,2-3,12,15H2,1H3,(H,31,33). The molecule has 1 N–H and O–H groups in total. The number of alkyl halides is 3. The smallest absolute Gasteiger partial charge is 0.417 e. The summed E-state index contributed by atoms with van der Waals surface area (Å²) in [5, 5.41) is 12.4.